The minimum absolute atomic E-state index is 0.0232. The molecule has 0 radical (unpaired) electrons. The fourth-order valence-corrected chi connectivity index (χ4v) is 4.33. The molecule has 0 saturated heterocycles. The Morgan fingerprint density at radius 3 is 2.23 bits per heavy atom. The van der Waals surface area contributed by atoms with E-state index in [1.807, 2.05) is 48.5 Å². The highest BCUT2D eigenvalue weighted by Crippen LogP contribution is 2.44. The van der Waals surface area contributed by atoms with Gasteiger partial charge in [-0.2, -0.15) is 0 Å². The highest BCUT2D eigenvalue weighted by atomic mass is 35.5. The molecule has 0 spiro atoms. The molecule has 3 aromatic carbocycles. The summed E-state index contributed by atoms with van der Waals surface area (Å²) in [6.07, 6.45) is -1.54. The third kappa shape index (κ3) is 5.60. The average molecular weight is 497 g/mol. The first-order chi connectivity index (χ1) is 16.8. The summed E-state index contributed by atoms with van der Waals surface area (Å²) >= 11 is 5.74. The number of carboxylic acid groups (broad SMARTS) is 1. The lowest BCUT2D eigenvalue weighted by Crippen LogP contribution is -2.48. The fraction of sp³-hybridized carbons (Fsp3) is 0.192. The van der Waals surface area contributed by atoms with Crippen molar-refractivity contribution in [3.05, 3.63) is 94.3 Å². The van der Waals surface area contributed by atoms with Crippen molar-refractivity contribution in [1.29, 1.82) is 0 Å². The number of amides is 2. The van der Waals surface area contributed by atoms with Crippen LogP contribution in [0.5, 0.6) is 0 Å². The van der Waals surface area contributed by atoms with Crippen LogP contribution in [0, 0.1) is 5.82 Å². The van der Waals surface area contributed by atoms with E-state index in [1.165, 1.54) is 12.1 Å². The molecule has 180 valence electrons. The van der Waals surface area contributed by atoms with Crippen molar-refractivity contribution in [2.45, 2.75) is 24.9 Å². The van der Waals surface area contributed by atoms with E-state index < -0.39 is 36.2 Å². The Hall–Kier alpha value is -3.91. The van der Waals surface area contributed by atoms with Crippen molar-refractivity contribution in [1.82, 2.24) is 10.6 Å². The zero-order valence-corrected chi connectivity index (χ0v) is 19.2. The minimum Gasteiger partial charge on any atom is -0.481 e. The largest absolute Gasteiger partial charge is 0.481 e. The van der Waals surface area contributed by atoms with Crippen molar-refractivity contribution < 1.29 is 28.6 Å². The van der Waals surface area contributed by atoms with Crippen LogP contribution in [0.3, 0.4) is 0 Å². The number of halogens is 2. The first-order valence-electron chi connectivity index (χ1n) is 10.9. The van der Waals surface area contributed by atoms with Crippen molar-refractivity contribution in [3.8, 4) is 11.1 Å². The average Bonchev–Trinajstić information content (AvgIpc) is 3.16. The molecule has 4 rings (SSSR count). The van der Waals surface area contributed by atoms with E-state index >= 15 is 0 Å². The molecular weight excluding hydrogens is 475 g/mol. The zero-order chi connectivity index (χ0) is 24.9. The zero-order valence-electron chi connectivity index (χ0n) is 18.5. The van der Waals surface area contributed by atoms with Crippen LogP contribution in [0.1, 0.15) is 29.0 Å². The molecule has 1 aliphatic carbocycles. The summed E-state index contributed by atoms with van der Waals surface area (Å²) < 4.78 is 18.7. The molecule has 0 aromatic heterocycles. The number of nitrogens with one attached hydrogen (secondary N) is 2. The Bertz CT molecular complexity index is 1240. The summed E-state index contributed by atoms with van der Waals surface area (Å²) in [5.74, 6) is -2.76. The minimum atomic E-state index is -1.36. The summed E-state index contributed by atoms with van der Waals surface area (Å²) in [6, 6.07) is 18.3. The molecule has 0 fully saturated rings. The van der Waals surface area contributed by atoms with Gasteiger partial charge in [0.15, 0.2) is 0 Å². The maximum absolute atomic E-state index is 13.3. The normalized spacial score (nSPS) is 12.9. The third-order valence-corrected chi connectivity index (χ3v) is 6.07. The van der Waals surface area contributed by atoms with Crippen LogP contribution in [0.4, 0.5) is 9.18 Å². The maximum atomic E-state index is 13.3. The number of ether oxygens (including phenoxy) is 1. The summed E-state index contributed by atoms with van der Waals surface area (Å²) in [4.78, 5) is 36.3. The number of fused-ring (bicyclic) bond motifs is 3. The monoisotopic (exact) mass is 496 g/mol. The fourth-order valence-electron chi connectivity index (χ4n) is 4.13. The topological polar surface area (TPSA) is 105 Å². The number of alkyl carbamates (subject to hydrolysis) is 1. The molecule has 1 atom stereocenters. The van der Waals surface area contributed by atoms with Crippen LogP contribution < -0.4 is 10.6 Å². The van der Waals surface area contributed by atoms with E-state index in [9.17, 15) is 23.9 Å². The quantitative estimate of drug-likeness (QED) is 0.426. The van der Waals surface area contributed by atoms with Crippen LogP contribution in [0.15, 0.2) is 66.7 Å². The highest BCUT2D eigenvalue weighted by molar-refractivity contribution is 6.30. The van der Waals surface area contributed by atoms with Gasteiger partial charge in [-0.15, -0.1) is 0 Å². The Kier molecular flexibility index (Phi) is 7.31. The molecule has 2 amide bonds. The van der Waals surface area contributed by atoms with Crippen LogP contribution in [-0.2, 0) is 20.9 Å². The molecule has 0 aliphatic heterocycles. The Labute approximate surface area is 205 Å². The number of carboxylic acids is 1. The van der Waals surface area contributed by atoms with Gasteiger partial charge in [0.2, 0.25) is 5.91 Å². The second kappa shape index (κ2) is 10.6. The predicted molar refractivity (Wildman–Crippen MR) is 128 cm³/mol. The number of carbonyl (C=O) groups excluding carboxylic acids is 2. The van der Waals surface area contributed by atoms with Gasteiger partial charge < -0.3 is 20.5 Å². The van der Waals surface area contributed by atoms with Gasteiger partial charge in [0.1, 0.15) is 18.5 Å². The van der Waals surface area contributed by atoms with Gasteiger partial charge in [0.25, 0.3) is 0 Å². The lowest BCUT2D eigenvalue weighted by molar-refractivity contribution is -0.139. The van der Waals surface area contributed by atoms with Crippen LogP contribution >= 0.6 is 11.6 Å². The molecular formula is C26H22ClFN2O5. The summed E-state index contributed by atoms with van der Waals surface area (Å²) in [6.45, 7) is -0.00330. The van der Waals surface area contributed by atoms with Gasteiger partial charge in [-0.05, 0) is 39.9 Å². The molecule has 35 heavy (non-hydrogen) atoms. The van der Waals surface area contributed by atoms with E-state index in [4.69, 9.17) is 16.3 Å². The summed E-state index contributed by atoms with van der Waals surface area (Å²) in [5, 5.41) is 13.9. The van der Waals surface area contributed by atoms with E-state index in [2.05, 4.69) is 10.6 Å². The Balaban J connectivity index is 1.38. The van der Waals surface area contributed by atoms with E-state index in [0.29, 0.717) is 5.56 Å². The number of carbonyl (C=O) groups is 3. The SMILES string of the molecule is O=C(O)CC(NC(=O)OCC1c2ccccc2-c2ccccc21)C(=O)NCc1ccc(F)c(Cl)c1. The first kappa shape index (κ1) is 24.2. The number of aliphatic carboxylic acids is 1. The Morgan fingerprint density at radius 1 is 1.00 bits per heavy atom. The van der Waals surface area contributed by atoms with Gasteiger partial charge in [-0.1, -0.05) is 66.2 Å². The van der Waals surface area contributed by atoms with E-state index in [0.717, 1.165) is 28.3 Å². The summed E-state index contributed by atoms with van der Waals surface area (Å²) in [7, 11) is 0. The second-order valence-corrected chi connectivity index (χ2v) is 8.49. The van der Waals surface area contributed by atoms with Gasteiger partial charge >= 0.3 is 12.1 Å². The van der Waals surface area contributed by atoms with Crippen LogP contribution in [0.25, 0.3) is 11.1 Å². The molecule has 0 bridgehead atoms. The number of rotatable bonds is 8. The second-order valence-electron chi connectivity index (χ2n) is 8.09. The van der Waals surface area contributed by atoms with E-state index in [-0.39, 0.29) is 24.1 Å². The van der Waals surface area contributed by atoms with Gasteiger partial charge in [-0.25, -0.2) is 9.18 Å². The first-order valence-corrected chi connectivity index (χ1v) is 11.3. The maximum Gasteiger partial charge on any atom is 0.407 e. The molecule has 7 nitrogen and oxygen atoms in total. The predicted octanol–water partition coefficient (Wildman–Crippen LogP) is 4.48. The van der Waals surface area contributed by atoms with Crippen LogP contribution in [0.2, 0.25) is 5.02 Å². The van der Waals surface area contributed by atoms with Gasteiger partial charge in [-0.3, -0.25) is 9.59 Å². The standard InChI is InChI=1S/C26H22ClFN2O5/c27-21-11-15(9-10-22(21)28)13-29-25(33)23(12-24(31)32)30-26(34)35-14-20-18-7-3-1-5-16(18)17-6-2-4-8-19(17)20/h1-11,20,23H,12-14H2,(H,29,33)(H,30,34)(H,31,32). The molecule has 3 aromatic rings. The van der Waals surface area contributed by atoms with Crippen molar-refractivity contribution >= 4 is 29.6 Å². The molecule has 0 saturated carbocycles. The number of benzene rings is 3. The smallest absolute Gasteiger partial charge is 0.407 e. The summed E-state index contributed by atoms with van der Waals surface area (Å²) in [5.41, 5.74) is 4.71. The third-order valence-electron chi connectivity index (χ3n) is 5.78. The van der Waals surface area contributed by atoms with Crippen molar-refractivity contribution in [3.63, 3.8) is 0 Å². The number of hydrogen-bond donors (Lipinski definition) is 3. The lowest BCUT2D eigenvalue weighted by Gasteiger charge is -2.19. The van der Waals surface area contributed by atoms with Crippen molar-refractivity contribution in [2.24, 2.45) is 0 Å². The van der Waals surface area contributed by atoms with Crippen molar-refractivity contribution in [2.75, 3.05) is 6.61 Å². The molecule has 1 unspecified atom stereocenters. The molecule has 1 aliphatic rings. The highest BCUT2D eigenvalue weighted by Gasteiger charge is 2.30. The van der Waals surface area contributed by atoms with Gasteiger partial charge in [0, 0.05) is 12.5 Å². The van der Waals surface area contributed by atoms with Gasteiger partial charge in [0.05, 0.1) is 11.4 Å². The molecule has 3 N–H and O–H groups in total. The molecule has 0 heterocycles. The van der Waals surface area contributed by atoms with E-state index in [1.54, 1.807) is 0 Å². The molecule has 9 heteroatoms. The Morgan fingerprint density at radius 2 is 1.63 bits per heavy atom. The van der Waals surface area contributed by atoms with Crippen LogP contribution in [-0.4, -0.2) is 35.7 Å². The number of hydrogen-bond acceptors (Lipinski definition) is 4. The lowest BCUT2D eigenvalue weighted by atomic mass is 9.98.